The lowest BCUT2D eigenvalue weighted by atomic mass is 10.1. The zero-order valence-corrected chi connectivity index (χ0v) is 13.2. The zero-order chi connectivity index (χ0) is 15.8. The molecule has 0 aliphatic heterocycles. The minimum Gasteiger partial charge on any atom is -0.496 e. The van der Waals surface area contributed by atoms with Crippen LogP contribution < -0.4 is 10.1 Å². The first-order valence-electron chi connectivity index (χ1n) is 7.09. The monoisotopic (exact) mass is 292 g/mol. The summed E-state index contributed by atoms with van der Waals surface area (Å²) in [7, 11) is 3.26. The number of methoxy groups -OCH3 is 1. The molecule has 116 valence electrons. The first-order valence-corrected chi connectivity index (χ1v) is 7.09. The molecule has 0 aliphatic carbocycles. The number of hydrogen-bond donors (Lipinski definition) is 1. The highest BCUT2D eigenvalue weighted by Crippen LogP contribution is 2.18. The Labute approximate surface area is 126 Å². The lowest BCUT2D eigenvalue weighted by molar-refractivity contribution is -0.134. The van der Waals surface area contributed by atoms with Crippen LogP contribution in [0.15, 0.2) is 24.3 Å². The van der Waals surface area contributed by atoms with Gasteiger partial charge in [-0.15, -0.1) is 0 Å². The highest BCUT2D eigenvalue weighted by atomic mass is 16.5. The van der Waals surface area contributed by atoms with Crippen LogP contribution in [0, 0.1) is 0 Å². The van der Waals surface area contributed by atoms with E-state index in [0.717, 1.165) is 11.3 Å². The predicted molar refractivity (Wildman–Crippen MR) is 82.2 cm³/mol. The van der Waals surface area contributed by atoms with Crippen molar-refractivity contribution < 1.29 is 14.3 Å². The lowest BCUT2D eigenvalue weighted by Crippen LogP contribution is -2.40. The van der Waals surface area contributed by atoms with Gasteiger partial charge in [-0.3, -0.25) is 9.59 Å². The van der Waals surface area contributed by atoms with Crippen LogP contribution in [0.3, 0.4) is 0 Å². The second-order valence-electron chi connectivity index (χ2n) is 5.28. The summed E-state index contributed by atoms with van der Waals surface area (Å²) < 4.78 is 5.26. The summed E-state index contributed by atoms with van der Waals surface area (Å²) in [5, 5.41) is 2.77. The van der Waals surface area contributed by atoms with E-state index in [9.17, 15) is 9.59 Å². The molecule has 5 nitrogen and oxygen atoms in total. The second kappa shape index (κ2) is 8.29. The molecule has 0 bridgehead atoms. The fraction of sp³-hybridized carbons (Fsp3) is 0.500. The van der Waals surface area contributed by atoms with Crippen molar-refractivity contribution in [3.63, 3.8) is 0 Å². The van der Waals surface area contributed by atoms with E-state index in [1.807, 2.05) is 38.1 Å². The van der Waals surface area contributed by atoms with Crippen LogP contribution in [0.1, 0.15) is 25.8 Å². The highest BCUT2D eigenvalue weighted by molar-refractivity contribution is 5.84. The third kappa shape index (κ3) is 5.85. The van der Waals surface area contributed by atoms with Crippen molar-refractivity contribution >= 4 is 11.8 Å². The number of para-hydroxylation sites is 1. The van der Waals surface area contributed by atoms with Crippen molar-refractivity contribution in [2.45, 2.75) is 32.7 Å². The van der Waals surface area contributed by atoms with Crippen molar-refractivity contribution in [2.24, 2.45) is 0 Å². The number of likely N-dealkylation sites (N-methyl/N-ethyl adjacent to an activating group) is 1. The number of carbonyl (C=O) groups excluding carboxylic acids is 2. The SMILES string of the molecule is COc1ccccc1CCC(=O)N(C)CC(=O)NC(C)C. The Morgan fingerprint density at radius 3 is 2.57 bits per heavy atom. The number of ether oxygens (including phenoxy) is 1. The Hall–Kier alpha value is -2.04. The van der Waals surface area contributed by atoms with E-state index in [2.05, 4.69) is 5.32 Å². The standard InChI is InChI=1S/C16H24N2O3/c1-12(2)17-15(19)11-18(3)16(20)10-9-13-7-5-6-8-14(13)21-4/h5-8,12H,9-11H2,1-4H3,(H,17,19). The van der Waals surface area contributed by atoms with E-state index in [0.29, 0.717) is 12.8 Å². The van der Waals surface area contributed by atoms with Crippen LogP contribution in [0.2, 0.25) is 0 Å². The lowest BCUT2D eigenvalue weighted by Gasteiger charge is -2.18. The van der Waals surface area contributed by atoms with E-state index >= 15 is 0 Å². The van der Waals surface area contributed by atoms with E-state index in [1.54, 1.807) is 14.2 Å². The number of hydrogen-bond acceptors (Lipinski definition) is 3. The molecule has 1 rings (SSSR count). The number of nitrogens with zero attached hydrogens (tertiary/aromatic N) is 1. The van der Waals surface area contributed by atoms with Gasteiger partial charge >= 0.3 is 0 Å². The first-order chi connectivity index (χ1) is 9.93. The van der Waals surface area contributed by atoms with Crippen LogP contribution in [0.25, 0.3) is 0 Å². The normalized spacial score (nSPS) is 10.3. The minimum absolute atomic E-state index is 0.0557. The molecule has 0 saturated heterocycles. The smallest absolute Gasteiger partial charge is 0.239 e. The van der Waals surface area contributed by atoms with Crippen molar-refractivity contribution in [1.29, 1.82) is 0 Å². The maximum absolute atomic E-state index is 12.0. The minimum atomic E-state index is -0.141. The topological polar surface area (TPSA) is 58.6 Å². The quantitative estimate of drug-likeness (QED) is 0.830. The maximum atomic E-state index is 12.0. The van der Waals surface area contributed by atoms with Gasteiger partial charge in [0.2, 0.25) is 11.8 Å². The third-order valence-electron chi connectivity index (χ3n) is 3.06. The molecule has 0 saturated carbocycles. The molecule has 1 N–H and O–H groups in total. The van der Waals surface area contributed by atoms with Gasteiger partial charge in [0.25, 0.3) is 0 Å². The predicted octanol–water partition coefficient (Wildman–Crippen LogP) is 1.61. The summed E-state index contributed by atoms with van der Waals surface area (Å²) in [5.74, 6) is 0.587. The molecule has 0 aliphatic rings. The fourth-order valence-electron chi connectivity index (χ4n) is 2.01. The van der Waals surface area contributed by atoms with Gasteiger partial charge in [-0.1, -0.05) is 18.2 Å². The molecule has 0 heterocycles. The number of aryl methyl sites for hydroxylation is 1. The van der Waals surface area contributed by atoms with E-state index < -0.39 is 0 Å². The summed E-state index contributed by atoms with van der Waals surface area (Å²) in [6.07, 6.45) is 0.949. The molecule has 0 aromatic heterocycles. The molecule has 1 aromatic carbocycles. The van der Waals surface area contributed by atoms with Crippen LogP contribution >= 0.6 is 0 Å². The molecule has 0 spiro atoms. The molecule has 2 amide bonds. The average Bonchev–Trinajstić information content (AvgIpc) is 2.43. The van der Waals surface area contributed by atoms with Gasteiger partial charge in [-0.25, -0.2) is 0 Å². The second-order valence-corrected chi connectivity index (χ2v) is 5.28. The summed E-state index contributed by atoms with van der Waals surface area (Å²) in [6, 6.07) is 7.71. The number of carbonyl (C=O) groups is 2. The molecule has 0 unspecified atom stereocenters. The van der Waals surface area contributed by atoms with Crippen molar-refractivity contribution in [3.05, 3.63) is 29.8 Å². The van der Waals surface area contributed by atoms with E-state index in [4.69, 9.17) is 4.74 Å². The van der Waals surface area contributed by atoms with E-state index in [1.165, 1.54) is 4.90 Å². The Morgan fingerprint density at radius 2 is 1.95 bits per heavy atom. The van der Waals surface area contributed by atoms with Gasteiger partial charge in [0.1, 0.15) is 5.75 Å². The number of benzene rings is 1. The number of nitrogens with one attached hydrogen (secondary N) is 1. The maximum Gasteiger partial charge on any atom is 0.239 e. The molecule has 0 atom stereocenters. The van der Waals surface area contributed by atoms with E-state index in [-0.39, 0.29) is 24.4 Å². The Bertz CT molecular complexity index is 486. The number of rotatable bonds is 7. The van der Waals surface area contributed by atoms with Crippen molar-refractivity contribution in [1.82, 2.24) is 10.2 Å². The molecule has 21 heavy (non-hydrogen) atoms. The van der Waals surface area contributed by atoms with Gasteiger partial charge in [0.15, 0.2) is 0 Å². The van der Waals surface area contributed by atoms with Crippen LogP contribution in [-0.4, -0.2) is 43.5 Å². The highest BCUT2D eigenvalue weighted by Gasteiger charge is 2.14. The van der Waals surface area contributed by atoms with Crippen LogP contribution in [0.5, 0.6) is 5.75 Å². The first kappa shape index (κ1) is 17.0. The molecule has 0 radical (unpaired) electrons. The van der Waals surface area contributed by atoms with Crippen molar-refractivity contribution in [2.75, 3.05) is 20.7 Å². The molecule has 5 heteroatoms. The fourth-order valence-corrected chi connectivity index (χ4v) is 2.01. The summed E-state index contributed by atoms with van der Waals surface area (Å²) in [5.41, 5.74) is 0.994. The Morgan fingerprint density at radius 1 is 1.29 bits per heavy atom. The molecule has 1 aromatic rings. The largest absolute Gasteiger partial charge is 0.496 e. The van der Waals surface area contributed by atoms with Crippen LogP contribution in [-0.2, 0) is 16.0 Å². The summed E-state index contributed by atoms with van der Waals surface area (Å²) in [4.78, 5) is 25.1. The third-order valence-corrected chi connectivity index (χ3v) is 3.06. The van der Waals surface area contributed by atoms with Gasteiger partial charge in [0.05, 0.1) is 13.7 Å². The summed E-state index contributed by atoms with van der Waals surface area (Å²) in [6.45, 7) is 3.87. The summed E-state index contributed by atoms with van der Waals surface area (Å²) >= 11 is 0. The molecular weight excluding hydrogens is 268 g/mol. The van der Waals surface area contributed by atoms with Gasteiger partial charge in [-0.2, -0.15) is 0 Å². The van der Waals surface area contributed by atoms with Crippen LogP contribution in [0.4, 0.5) is 0 Å². The van der Waals surface area contributed by atoms with Crippen molar-refractivity contribution in [3.8, 4) is 5.75 Å². The Balaban J connectivity index is 2.47. The Kier molecular flexibility index (Phi) is 6.72. The van der Waals surface area contributed by atoms with Gasteiger partial charge in [-0.05, 0) is 31.9 Å². The molecular formula is C16H24N2O3. The number of amides is 2. The zero-order valence-electron chi connectivity index (χ0n) is 13.2. The molecule has 0 fully saturated rings. The van der Waals surface area contributed by atoms with Gasteiger partial charge < -0.3 is 15.0 Å². The average molecular weight is 292 g/mol. The van der Waals surface area contributed by atoms with Gasteiger partial charge in [0, 0.05) is 19.5 Å².